The topological polar surface area (TPSA) is 67.8 Å². The first-order valence-electron chi connectivity index (χ1n) is 6.97. The maximum Gasteiger partial charge on any atom is 0.251 e. The largest absolute Gasteiger partial charge is 0.506 e. The minimum atomic E-state index is -0.305. The molecule has 5 nitrogen and oxygen atoms in total. The molecule has 6 heteroatoms. The van der Waals surface area contributed by atoms with Gasteiger partial charge in [0.05, 0.1) is 25.3 Å². The Hall–Kier alpha value is -2.40. The molecule has 0 aliphatic carbocycles. The van der Waals surface area contributed by atoms with E-state index in [-0.39, 0.29) is 22.7 Å². The van der Waals surface area contributed by atoms with Crippen LogP contribution < -0.4 is 14.8 Å². The van der Waals surface area contributed by atoms with Gasteiger partial charge in [-0.1, -0.05) is 11.6 Å². The first kappa shape index (κ1) is 17.0. The molecule has 23 heavy (non-hydrogen) atoms. The molecule has 1 amide bonds. The quantitative estimate of drug-likeness (QED) is 0.876. The summed E-state index contributed by atoms with van der Waals surface area (Å²) in [7, 11) is 3.15. The van der Waals surface area contributed by atoms with E-state index in [0.717, 1.165) is 5.56 Å². The lowest BCUT2D eigenvalue weighted by Crippen LogP contribution is -2.27. The molecular weight excluding hydrogens is 318 g/mol. The van der Waals surface area contributed by atoms with Crippen LogP contribution in [0.5, 0.6) is 17.2 Å². The van der Waals surface area contributed by atoms with Crippen molar-refractivity contribution in [2.75, 3.05) is 14.2 Å². The fraction of sp³-hybridized carbons (Fsp3) is 0.235. The standard InChI is InChI=1S/C17H18ClNO4/c1-10(13-9-12(22-2)5-7-16(13)23-3)19-17(21)11-4-6-15(20)14(18)8-11/h4-10,20H,1-3H3,(H,19,21). The van der Waals surface area contributed by atoms with Crippen LogP contribution in [0, 0.1) is 0 Å². The monoisotopic (exact) mass is 335 g/mol. The lowest BCUT2D eigenvalue weighted by molar-refractivity contribution is 0.0939. The number of hydrogen-bond donors (Lipinski definition) is 2. The molecule has 0 aliphatic heterocycles. The fourth-order valence-corrected chi connectivity index (χ4v) is 2.36. The second-order valence-corrected chi connectivity index (χ2v) is 5.38. The van der Waals surface area contributed by atoms with Crippen molar-refractivity contribution in [3.05, 3.63) is 52.5 Å². The van der Waals surface area contributed by atoms with E-state index in [1.54, 1.807) is 26.4 Å². The molecule has 0 fully saturated rings. The fourth-order valence-electron chi connectivity index (χ4n) is 2.18. The molecule has 1 unspecified atom stereocenters. The first-order valence-corrected chi connectivity index (χ1v) is 7.35. The SMILES string of the molecule is COc1ccc(OC)c(C(C)NC(=O)c2ccc(O)c(Cl)c2)c1. The minimum Gasteiger partial charge on any atom is -0.506 e. The summed E-state index contributed by atoms with van der Waals surface area (Å²) in [6, 6.07) is 9.39. The Morgan fingerprint density at radius 2 is 1.91 bits per heavy atom. The van der Waals surface area contributed by atoms with E-state index in [4.69, 9.17) is 21.1 Å². The number of carbonyl (C=O) groups is 1. The summed E-state index contributed by atoms with van der Waals surface area (Å²) < 4.78 is 10.5. The van der Waals surface area contributed by atoms with Gasteiger partial charge < -0.3 is 19.9 Å². The van der Waals surface area contributed by atoms with Gasteiger partial charge in [0.2, 0.25) is 0 Å². The molecule has 0 aliphatic rings. The van der Waals surface area contributed by atoms with Crippen LogP contribution in [0.15, 0.2) is 36.4 Å². The Morgan fingerprint density at radius 1 is 1.17 bits per heavy atom. The van der Waals surface area contributed by atoms with Crippen molar-refractivity contribution in [1.82, 2.24) is 5.32 Å². The number of carbonyl (C=O) groups excluding carboxylic acids is 1. The average Bonchev–Trinajstić information content (AvgIpc) is 2.56. The maximum absolute atomic E-state index is 12.3. The molecule has 1 atom stereocenters. The number of phenolic OH excluding ortho intramolecular Hbond substituents is 1. The van der Waals surface area contributed by atoms with Gasteiger partial charge in [-0.25, -0.2) is 0 Å². The zero-order valence-corrected chi connectivity index (χ0v) is 13.8. The van der Waals surface area contributed by atoms with E-state index in [9.17, 15) is 9.90 Å². The molecule has 0 saturated heterocycles. The number of phenols is 1. The zero-order chi connectivity index (χ0) is 17.0. The Morgan fingerprint density at radius 3 is 2.52 bits per heavy atom. The summed E-state index contributed by atoms with van der Waals surface area (Å²) in [5.74, 6) is 0.965. The van der Waals surface area contributed by atoms with Gasteiger partial charge in [-0.05, 0) is 43.3 Å². The summed E-state index contributed by atoms with van der Waals surface area (Å²) >= 11 is 5.83. The lowest BCUT2D eigenvalue weighted by atomic mass is 10.1. The second-order valence-electron chi connectivity index (χ2n) is 4.97. The number of benzene rings is 2. The van der Waals surface area contributed by atoms with Crippen LogP contribution in [0.25, 0.3) is 0 Å². The molecule has 0 bridgehead atoms. The predicted molar refractivity (Wildman–Crippen MR) is 88.5 cm³/mol. The Kier molecular flexibility index (Phi) is 5.34. The van der Waals surface area contributed by atoms with E-state index in [2.05, 4.69) is 5.32 Å². The number of nitrogens with one attached hydrogen (secondary N) is 1. The smallest absolute Gasteiger partial charge is 0.251 e. The molecule has 2 N–H and O–H groups in total. The third kappa shape index (κ3) is 3.87. The highest BCUT2D eigenvalue weighted by atomic mass is 35.5. The van der Waals surface area contributed by atoms with Gasteiger partial charge in [-0.15, -0.1) is 0 Å². The van der Waals surface area contributed by atoms with Crippen LogP contribution >= 0.6 is 11.6 Å². The Labute approximate surface area is 139 Å². The summed E-state index contributed by atoms with van der Waals surface area (Å²) in [4.78, 5) is 12.3. The summed E-state index contributed by atoms with van der Waals surface area (Å²) in [6.45, 7) is 1.84. The van der Waals surface area contributed by atoms with Crippen LogP contribution in [0.2, 0.25) is 5.02 Å². The summed E-state index contributed by atoms with van der Waals surface area (Å²) in [5, 5.41) is 12.4. The van der Waals surface area contributed by atoms with E-state index in [1.807, 2.05) is 13.0 Å². The molecule has 0 aromatic heterocycles. The molecule has 0 saturated carbocycles. The van der Waals surface area contributed by atoms with Crippen molar-refractivity contribution in [3.8, 4) is 17.2 Å². The normalized spacial score (nSPS) is 11.7. The van der Waals surface area contributed by atoms with Crippen molar-refractivity contribution in [2.24, 2.45) is 0 Å². The number of amides is 1. The summed E-state index contributed by atoms with van der Waals surface area (Å²) in [6.07, 6.45) is 0. The van der Waals surface area contributed by atoms with Crippen molar-refractivity contribution in [3.63, 3.8) is 0 Å². The number of aromatic hydroxyl groups is 1. The van der Waals surface area contributed by atoms with E-state index >= 15 is 0 Å². The van der Waals surface area contributed by atoms with Crippen LogP contribution in [0.1, 0.15) is 28.9 Å². The molecule has 2 aromatic carbocycles. The van der Waals surface area contributed by atoms with Crippen molar-refractivity contribution in [1.29, 1.82) is 0 Å². The number of hydrogen-bond acceptors (Lipinski definition) is 4. The Balaban J connectivity index is 2.22. The van der Waals surface area contributed by atoms with Gasteiger partial charge in [-0.3, -0.25) is 4.79 Å². The van der Waals surface area contributed by atoms with Crippen molar-refractivity contribution >= 4 is 17.5 Å². The molecule has 2 aromatic rings. The van der Waals surface area contributed by atoms with Crippen LogP contribution in [0.4, 0.5) is 0 Å². The maximum atomic E-state index is 12.3. The first-order chi connectivity index (χ1) is 11.0. The third-order valence-electron chi connectivity index (χ3n) is 3.46. The van der Waals surface area contributed by atoms with Crippen molar-refractivity contribution in [2.45, 2.75) is 13.0 Å². The molecule has 2 rings (SSSR count). The molecule has 0 radical (unpaired) electrons. The summed E-state index contributed by atoms with van der Waals surface area (Å²) in [5.41, 5.74) is 1.16. The highest BCUT2D eigenvalue weighted by molar-refractivity contribution is 6.32. The van der Waals surface area contributed by atoms with E-state index < -0.39 is 0 Å². The third-order valence-corrected chi connectivity index (χ3v) is 3.76. The second kappa shape index (κ2) is 7.24. The highest BCUT2D eigenvalue weighted by Gasteiger charge is 2.17. The number of rotatable bonds is 5. The zero-order valence-electron chi connectivity index (χ0n) is 13.1. The van der Waals surface area contributed by atoms with Crippen molar-refractivity contribution < 1.29 is 19.4 Å². The van der Waals surface area contributed by atoms with Crippen LogP contribution in [-0.4, -0.2) is 25.2 Å². The van der Waals surface area contributed by atoms with Gasteiger partial charge in [0.1, 0.15) is 17.2 Å². The molecule has 122 valence electrons. The van der Waals surface area contributed by atoms with E-state index in [0.29, 0.717) is 17.1 Å². The molecular formula is C17H18ClNO4. The Bertz CT molecular complexity index is 718. The highest BCUT2D eigenvalue weighted by Crippen LogP contribution is 2.30. The number of ether oxygens (including phenoxy) is 2. The number of methoxy groups -OCH3 is 2. The predicted octanol–water partition coefficient (Wildman–Crippen LogP) is 3.55. The van der Waals surface area contributed by atoms with E-state index in [1.165, 1.54) is 18.2 Å². The van der Waals surface area contributed by atoms with Crippen LogP contribution in [-0.2, 0) is 0 Å². The van der Waals surface area contributed by atoms with Gasteiger partial charge in [0, 0.05) is 11.1 Å². The van der Waals surface area contributed by atoms with Gasteiger partial charge in [-0.2, -0.15) is 0 Å². The van der Waals surface area contributed by atoms with Gasteiger partial charge >= 0.3 is 0 Å². The molecule has 0 heterocycles. The minimum absolute atomic E-state index is 0.0641. The average molecular weight is 336 g/mol. The number of halogens is 1. The molecule has 0 spiro atoms. The van der Waals surface area contributed by atoms with Gasteiger partial charge in [0.25, 0.3) is 5.91 Å². The van der Waals surface area contributed by atoms with Gasteiger partial charge in [0.15, 0.2) is 0 Å². The lowest BCUT2D eigenvalue weighted by Gasteiger charge is -2.18. The van der Waals surface area contributed by atoms with Crippen LogP contribution in [0.3, 0.4) is 0 Å².